The van der Waals surface area contributed by atoms with Crippen LogP contribution in [0.25, 0.3) is 0 Å². The molecule has 2 heterocycles. The Hall–Kier alpha value is -0.390. The summed E-state index contributed by atoms with van der Waals surface area (Å²) in [4.78, 5) is 1.36. The lowest BCUT2D eigenvalue weighted by Crippen LogP contribution is -2.24. The Morgan fingerprint density at radius 3 is 2.94 bits per heavy atom. The zero-order chi connectivity index (χ0) is 12.3. The van der Waals surface area contributed by atoms with Gasteiger partial charge < -0.3 is 5.73 Å². The number of thiophene rings is 1. The van der Waals surface area contributed by atoms with Gasteiger partial charge in [-0.25, -0.2) is 8.42 Å². The van der Waals surface area contributed by atoms with E-state index in [1.807, 2.05) is 0 Å². The monoisotopic (exact) mass is 273 g/mol. The number of hydrogen-bond donors (Lipinski definition) is 1. The number of rotatable bonds is 5. The van der Waals surface area contributed by atoms with Crippen LogP contribution >= 0.6 is 11.3 Å². The fraction of sp³-hybridized carbons (Fsp3) is 0.667. The van der Waals surface area contributed by atoms with E-state index in [0.717, 1.165) is 25.7 Å². The molecule has 0 aliphatic carbocycles. The van der Waals surface area contributed by atoms with E-state index >= 15 is 0 Å². The van der Waals surface area contributed by atoms with Crippen LogP contribution in [0, 0.1) is 5.92 Å². The summed E-state index contributed by atoms with van der Waals surface area (Å²) in [7, 11) is -2.75. The number of aryl methyl sites for hydroxylation is 1. The molecule has 1 saturated heterocycles. The van der Waals surface area contributed by atoms with E-state index in [9.17, 15) is 8.42 Å². The average Bonchev–Trinajstić information content (AvgIpc) is 2.85. The highest BCUT2D eigenvalue weighted by atomic mass is 32.2. The molecular formula is C12H19NO2S2. The van der Waals surface area contributed by atoms with Crippen molar-refractivity contribution in [3.05, 3.63) is 22.4 Å². The van der Waals surface area contributed by atoms with E-state index in [2.05, 4.69) is 17.5 Å². The first-order valence-electron chi connectivity index (χ1n) is 6.03. The largest absolute Gasteiger partial charge is 0.328 e. The van der Waals surface area contributed by atoms with Gasteiger partial charge in [-0.1, -0.05) is 6.07 Å². The molecule has 0 aromatic carbocycles. The fourth-order valence-corrected chi connectivity index (χ4v) is 4.99. The smallest absolute Gasteiger partial charge is 0.150 e. The predicted octanol–water partition coefficient (Wildman–Crippen LogP) is 1.83. The van der Waals surface area contributed by atoms with Crippen molar-refractivity contribution in [2.75, 3.05) is 11.5 Å². The SMILES string of the molecule is NC(CCc1cccs1)CC1CCS(=O)(=O)C1. The molecule has 2 rings (SSSR count). The summed E-state index contributed by atoms with van der Waals surface area (Å²) in [6.45, 7) is 0. The van der Waals surface area contributed by atoms with Gasteiger partial charge in [0.15, 0.2) is 9.84 Å². The topological polar surface area (TPSA) is 60.2 Å². The minimum atomic E-state index is -2.75. The maximum atomic E-state index is 11.3. The molecule has 17 heavy (non-hydrogen) atoms. The Bertz CT molecular complexity index is 439. The lowest BCUT2D eigenvalue weighted by molar-refractivity contribution is 0.453. The van der Waals surface area contributed by atoms with Gasteiger partial charge in [0.05, 0.1) is 11.5 Å². The third-order valence-electron chi connectivity index (χ3n) is 3.30. The van der Waals surface area contributed by atoms with Crippen molar-refractivity contribution in [2.24, 2.45) is 11.7 Å². The van der Waals surface area contributed by atoms with Gasteiger partial charge in [0.2, 0.25) is 0 Å². The quantitative estimate of drug-likeness (QED) is 0.890. The molecule has 96 valence electrons. The Labute approximate surface area is 107 Å². The molecule has 0 bridgehead atoms. The molecule has 1 aromatic rings. The van der Waals surface area contributed by atoms with E-state index in [-0.39, 0.29) is 6.04 Å². The highest BCUT2D eigenvalue weighted by Gasteiger charge is 2.28. The third kappa shape index (κ3) is 4.08. The zero-order valence-corrected chi connectivity index (χ0v) is 11.5. The molecule has 1 aliphatic rings. The van der Waals surface area contributed by atoms with Gasteiger partial charge >= 0.3 is 0 Å². The van der Waals surface area contributed by atoms with Gasteiger partial charge in [0.1, 0.15) is 0 Å². The van der Waals surface area contributed by atoms with E-state index in [1.165, 1.54) is 4.88 Å². The second-order valence-electron chi connectivity index (χ2n) is 4.88. The molecule has 2 unspecified atom stereocenters. The van der Waals surface area contributed by atoms with Crippen LogP contribution in [-0.2, 0) is 16.3 Å². The number of sulfone groups is 1. The highest BCUT2D eigenvalue weighted by molar-refractivity contribution is 7.91. The number of hydrogen-bond acceptors (Lipinski definition) is 4. The molecule has 0 radical (unpaired) electrons. The Morgan fingerprint density at radius 1 is 1.53 bits per heavy atom. The first kappa shape index (κ1) is 13.1. The van der Waals surface area contributed by atoms with Crippen LogP contribution in [-0.4, -0.2) is 26.0 Å². The maximum absolute atomic E-state index is 11.3. The van der Waals surface area contributed by atoms with Crippen LogP contribution in [0.4, 0.5) is 0 Å². The molecule has 2 atom stereocenters. The van der Waals surface area contributed by atoms with Crippen LogP contribution < -0.4 is 5.73 Å². The van der Waals surface area contributed by atoms with Crippen LogP contribution in [0.5, 0.6) is 0 Å². The lowest BCUT2D eigenvalue weighted by atomic mass is 9.97. The van der Waals surface area contributed by atoms with E-state index in [1.54, 1.807) is 11.3 Å². The summed E-state index contributed by atoms with van der Waals surface area (Å²) in [5.41, 5.74) is 6.07. The van der Waals surface area contributed by atoms with Crippen molar-refractivity contribution in [1.29, 1.82) is 0 Å². The first-order valence-corrected chi connectivity index (χ1v) is 8.74. The molecule has 5 heteroatoms. The second kappa shape index (κ2) is 5.50. The van der Waals surface area contributed by atoms with Crippen molar-refractivity contribution < 1.29 is 8.42 Å². The zero-order valence-electron chi connectivity index (χ0n) is 9.84. The van der Waals surface area contributed by atoms with E-state index < -0.39 is 9.84 Å². The summed E-state index contributed by atoms with van der Waals surface area (Å²) in [5.74, 6) is 0.994. The Kier molecular flexibility index (Phi) is 4.22. The Morgan fingerprint density at radius 2 is 2.35 bits per heavy atom. The predicted molar refractivity (Wildman–Crippen MR) is 72.0 cm³/mol. The second-order valence-corrected chi connectivity index (χ2v) is 8.14. The minimum absolute atomic E-state index is 0.135. The van der Waals surface area contributed by atoms with Crippen molar-refractivity contribution in [3.8, 4) is 0 Å². The maximum Gasteiger partial charge on any atom is 0.150 e. The van der Waals surface area contributed by atoms with Gasteiger partial charge in [-0.2, -0.15) is 0 Å². The van der Waals surface area contributed by atoms with Crippen LogP contribution in [0.1, 0.15) is 24.1 Å². The van der Waals surface area contributed by atoms with Gasteiger partial charge in [-0.05, 0) is 43.0 Å². The van der Waals surface area contributed by atoms with Crippen LogP contribution in [0.2, 0.25) is 0 Å². The summed E-state index contributed by atoms with van der Waals surface area (Å²) in [6.07, 6.45) is 3.62. The number of nitrogens with two attached hydrogens (primary N) is 1. The fourth-order valence-electron chi connectivity index (χ4n) is 2.39. The van der Waals surface area contributed by atoms with Crippen molar-refractivity contribution in [1.82, 2.24) is 0 Å². The van der Waals surface area contributed by atoms with Gasteiger partial charge in [-0.15, -0.1) is 11.3 Å². The standard InChI is InChI=1S/C12H19NO2S2/c13-11(3-4-12-2-1-6-16-12)8-10-5-7-17(14,15)9-10/h1-2,6,10-11H,3-5,7-9,13H2. The molecule has 2 N–H and O–H groups in total. The molecule has 1 fully saturated rings. The summed E-state index contributed by atoms with van der Waals surface area (Å²) in [5, 5.41) is 2.07. The summed E-state index contributed by atoms with van der Waals surface area (Å²) < 4.78 is 22.7. The first-order chi connectivity index (χ1) is 8.05. The van der Waals surface area contributed by atoms with Crippen molar-refractivity contribution >= 4 is 21.2 Å². The highest BCUT2D eigenvalue weighted by Crippen LogP contribution is 2.23. The normalized spacial score (nSPS) is 24.9. The van der Waals surface area contributed by atoms with Gasteiger partial charge in [0.25, 0.3) is 0 Å². The van der Waals surface area contributed by atoms with E-state index in [0.29, 0.717) is 17.4 Å². The average molecular weight is 273 g/mol. The van der Waals surface area contributed by atoms with Crippen molar-refractivity contribution in [2.45, 2.75) is 31.7 Å². The van der Waals surface area contributed by atoms with Crippen molar-refractivity contribution in [3.63, 3.8) is 0 Å². The molecule has 0 spiro atoms. The molecule has 3 nitrogen and oxygen atoms in total. The summed E-state index contributed by atoms with van der Waals surface area (Å²) >= 11 is 1.76. The third-order valence-corrected chi connectivity index (χ3v) is 6.08. The van der Waals surface area contributed by atoms with Gasteiger partial charge in [-0.3, -0.25) is 0 Å². The van der Waals surface area contributed by atoms with Crippen LogP contribution in [0.15, 0.2) is 17.5 Å². The molecule has 0 amide bonds. The molecular weight excluding hydrogens is 254 g/mol. The lowest BCUT2D eigenvalue weighted by Gasteiger charge is -2.14. The minimum Gasteiger partial charge on any atom is -0.328 e. The molecule has 1 aliphatic heterocycles. The summed E-state index contributed by atoms with van der Waals surface area (Å²) in [6, 6.07) is 4.31. The Balaban J connectivity index is 1.73. The molecule has 1 aromatic heterocycles. The van der Waals surface area contributed by atoms with Crippen LogP contribution in [0.3, 0.4) is 0 Å². The molecule has 0 saturated carbocycles. The van der Waals surface area contributed by atoms with Gasteiger partial charge in [0, 0.05) is 10.9 Å². The van der Waals surface area contributed by atoms with E-state index in [4.69, 9.17) is 5.73 Å².